The maximum Gasteiger partial charge on any atom is 0.276 e. The van der Waals surface area contributed by atoms with Crippen molar-refractivity contribution in [3.63, 3.8) is 0 Å². The van der Waals surface area contributed by atoms with Crippen LogP contribution >= 0.6 is 11.6 Å². The van der Waals surface area contributed by atoms with Crippen molar-refractivity contribution in [3.05, 3.63) is 89.4 Å². The molecule has 4 nitrogen and oxygen atoms in total. The van der Waals surface area contributed by atoms with Crippen LogP contribution in [-0.4, -0.2) is 19.1 Å². The zero-order valence-electron chi connectivity index (χ0n) is 14.0. The predicted molar refractivity (Wildman–Crippen MR) is 102 cm³/mol. The number of para-hydroxylation sites is 1. The summed E-state index contributed by atoms with van der Waals surface area (Å²) in [4.78, 5) is 17.5. The highest BCUT2D eigenvalue weighted by molar-refractivity contribution is 6.34. The first-order valence-corrected chi connectivity index (χ1v) is 8.57. The number of benzene rings is 3. The Bertz CT molecular complexity index is 854. The first-order chi connectivity index (χ1) is 12.7. The van der Waals surface area contributed by atoms with Crippen LogP contribution in [0, 0.1) is 0 Å². The summed E-state index contributed by atoms with van der Waals surface area (Å²) in [6.07, 6.45) is 0. The lowest BCUT2D eigenvalue weighted by Gasteiger charge is -2.10. The summed E-state index contributed by atoms with van der Waals surface area (Å²) in [7, 11) is 0. The number of hydrogen-bond donors (Lipinski definition) is 1. The Morgan fingerprint density at radius 2 is 1.54 bits per heavy atom. The fourth-order valence-corrected chi connectivity index (χ4v) is 2.60. The van der Waals surface area contributed by atoms with Gasteiger partial charge in [0, 0.05) is 0 Å². The Hall–Kier alpha value is -2.82. The lowest BCUT2D eigenvalue weighted by Crippen LogP contribution is -2.26. The predicted octanol–water partition coefficient (Wildman–Crippen LogP) is 4.75. The third-order valence-corrected chi connectivity index (χ3v) is 4.01. The summed E-state index contributed by atoms with van der Waals surface area (Å²) < 4.78 is 5.49. The molecule has 0 radical (unpaired) electrons. The van der Waals surface area contributed by atoms with Gasteiger partial charge in [-0.25, -0.2) is 5.48 Å². The average Bonchev–Trinajstić information content (AvgIpc) is 2.69. The molecule has 0 atom stereocenters. The largest absolute Gasteiger partial charge is 0.491 e. The highest BCUT2D eigenvalue weighted by Gasteiger charge is 2.12. The topological polar surface area (TPSA) is 47.6 Å². The van der Waals surface area contributed by atoms with Gasteiger partial charge in [-0.1, -0.05) is 66.2 Å². The Morgan fingerprint density at radius 1 is 0.846 bits per heavy atom. The van der Waals surface area contributed by atoms with Gasteiger partial charge >= 0.3 is 0 Å². The number of hydroxylamine groups is 1. The van der Waals surface area contributed by atoms with Crippen LogP contribution in [0.2, 0.25) is 5.02 Å². The van der Waals surface area contributed by atoms with Crippen LogP contribution in [0.4, 0.5) is 0 Å². The van der Waals surface area contributed by atoms with Gasteiger partial charge in [-0.2, -0.15) is 0 Å². The Labute approximate surface area is 157 Å². The molecule has 1 N–H and O–H groups in total. The number of carbonyl (C=O) groups is 1. The van der Waals surface area contributed by atoms with Crippen LogP contribution < -0.4 is 10.2 Å². The Kier molecular flexibility index (Phi) is 6.25. The SMILES string of the molecule is O=C(NOCCOc1ccccc1)c1cc(-c2ccccc2)ccc1Cl. The highest BCUT2D eigenvalue weighted by atomic mass is 35.5. The fourth-order valence-electron chi connectivity index (χ4n) is 2.40. The van der Waals surface area contributed by atoms with E-state index in [0.717, 1.165) is 16.9 Å². The quantitative estimate of drug-likeness (QED) is 0.484. The van der Waals surface area contributed by atoms with Gasteiger partial charge in [0.05, 0.1) is 10.6 Å². The van der Waals surface area contributed by atoms with E-state index in [0.29, 0.717) is 17.2 Å². The van der Waals surface area contributed by atoms with Crippen LogP contribution in [0.15, 0.2) is 78.9 Å². The summed E-state index contributed by atoms with van der Waals surface area (Å²) in [5.74, 6) is 0.355. The van der Waals surface area contributed by atoms with Crippen molar-refractivity contribution in [2.45, 2.75) is 0 Å². The molecule has 0 saturated carbocycles. The van der Waals surface area contributed by atoms with E-state index < -0.39 is 5.91 Å². The molecule has 0 fully saturated rings. The number of nitrogens with one attached hydrogen (secondary N) is 1. The van der Waals surface area contributed by atoms with Gasteiger partial charge in [0.25, 0.3) is 5.91 Å². The average molecular weight is 368 g/mol. The summed E-state index contributed by atoms with van der Waals surface area (Å²) in [5.41, 5.74) is 4.68. The fraction of sp³-hybridized carbons (Fsp3) is 0.0952. The third kappa shape index (κ3) is 4.85. The van der Waals surface area contributed by atoms with Crippen molar-refractivity contribution in [1.82, 2.24) is 5.48 Å². The molecule has 0 bridgehead atoms. The monoisotopic (exact) mass is 367 g/mol. The van der Waals surface area contributed by atoms with Gasteiger partial charge < -0.3 is 4.74 Å². The number of hydrogen-bond acceptors (Lipinski definition) is 3. The first kappa shape index (κ1) is 18.0. The van der Waals surface area contributed by atoms with Crippen LogP contribution in [0.25, 0.3) is 11.1 Å². The van der Waals surface area contributed by atoms with Crippen LogP contribution in [-0.2, 0) is 4.84 Å². The molecule has 0 aliphatic heterocycles. The molecule has 1 amide bonds. The van der Waals surface area contributed by atoms with Gasteiger partial charge in [-0.15, -0.1) is 0 Å². The van der Waals surface area contributed by atoms with Gasteiger partial charge in [0.15, 0.2) is 0 Å². The summed E-state index contributed by atoms with van der Waals surface area (Å²) >= 11 is 6.16. The van der Waals surface area contributed by atoms with Crippen molar-refractivity contribution in [1.29, 1.82) is 0 Å². The zero-order valence-corrected chi connectivity index (χ0v) is 14.8. The van der Waals surface area contributed by atoms with Crippen molar-refractivity contribution >= 4 is 17.5 Å². The number of halogens is 1. The smallest absolute Gasteiger partial charge is 0.276 e. The normalized spacial score (nSPS) is 10.3. The summed E-state index contributed by atoms with van der Waals surface area (Å²) in [6, 6.07) is 24.5. The maximum atomic E-state index is 12.3. The van der Waals surface area contributed by atoms with E-state index in [1.165, 1.54) is 0 Å². The van der Waals surface area contributed by atoms with Crippen molar-refractivity contribution in [3.8, 4) is 16.9 Å². The molecule has 0 aromatic heterocycles. The molecule has 0 unspecified atom stereocenters. The van der Waals surface area contributed by atoms with Gasteiger partial charge in [0.1, 0.15) is 19.0 Å². The minimum absolute atomic E-state index is 0.219. The van der Waals surface area contributed by atoms with Crippen molar-refractivity contribution in [2.75, 3.05) is 13.2 Å². The lowest BCUT2D eigenvalue weighted by atomic mass is 10.0. The number of rotatable bonds is 7. The number of ether oxygens (including phenoxy) is 1. The van der Waals surface area contributed by atoms with E-state index in [-0.39, 0.29) is 6.61 Å². The molecular formula is C21H18ClNO3. The third-order valence-electron chi connectivity index (χ3n) is 3.68. The lowest BCUT2D eigenvalue weighted by molar-refractivity contribution is 0.0200. The van der Waals surface area contributed by atoms with E-state index >= 15 is 0 Å². The number of amides is 1. The molecule has 0 saturated heterocycles. The first-order valence-electron chi connectivity index (χ1n) is 8.19. The standard InChI is InChI=1S/C21H18ClNO3/c22-20-12-11-17(16-7-3-1-4-8-16)15-19(20)21(24)23-26-14-13-25-18-9-5-2-6-10-18/h1-12,15H,13-14H2,(H,23,24). The molecule has 3 aromatic carbocycles. The highest BCUT2D eigenvalue weighted by Crippen LogP contribution is 2.25. The molecule has 3 aromatic rings. The van der Waals surface area contributed by atoms with E-state index in [1.54, 1.807) is 12.1 Å². The molecule has 132 valence electrons. The second-order valence-corrected chi connectivity index (χ2v) is 5.91. The van der Waals surface area contributed by atoms with E-state index in [1.807, 2.05) is 66.7 Å². The van der Waals surface area contributed by atoms with Gasteiger partial charge in [0.2, 0.25) is 0 Å². The maximum absolute atomic E-state index is 12.3. The summed E-state index contributed by atoms with van der Waals surface area (Å²) in [6.45, 7) is 0.540. The van der Waals surface area contributed by atoms with Crippen LogP contribution in [0.5, 0.6) is 5.75 Å². The molecule has 5 heteroatoms. The molecule has 0 aliphatic rings. The van der Waals surface area contributed by atoms with Crippen molar-refractivity contribution < 1.29 is 14.4 Å². The Morgan fingerprint density at radius 3 is 2.27 bits per heavy atom. The van der Waals surface area contributed by atoms with Crippen molar-refractivity contribution in [2.24, 2.45) is 0 Å². The zero-order chi connectivity index (χ0) is 18.2. The van der Waals surface area contributed by atoms with E-state index in [2.05, 4.69) is 5.48 Å². The van der Waals surface area contributed by atoms with E-state index in [4.69, 9.17) is 21.2 Å². The molecular weight excluding hydrogens is 350 g/mol. The van der Waals surface area contributed by atoms with Crippen LogP contribution in [0.1, 0.15) is 10.4 Å². The minimum Gasteiger partial charge on any atom is -0.491 e. The second-order valence-electron chi connectivity index (χ2n) is 5.50. The van der Waals surface area contributed by atoms with Gasteiger partial charge in [-0.3, -0.25) is 9.63 Å². The minimum atomic E-state index is -0.396. The second kappa shape index (κ2) is 9.04. The van der Waals surface area contributed by atoms with Gasteiger partial charge in [-0.05, 0) is 35.4 Å². The number of carbonyl (C=O) groups excluding carboxylic acids is 1. The molecule has 0 heterocycles. The summed E-state index contributed by atoms with van der Waals surface area (Å²) in [5, 5.41) is 0.367. The van der Waals surface area contributed by atoms with E-state index in [9.17, 15) is 4.79 Å². The molecule has 0 spiro atoms. The van der Waals surface area contributed by atoms with Crippen LogP contribution in [0.3, 0.4) is 0 Å². The molecule has 26 heavy (non-hydrogen) atoms. The Balaban J connectivity index is 1.54. The molecule has 3 rings (SSSR count). The molecule has 0 aliphatic carbocycles.